The quantitative estimate of drug-likeness (QED) is 0.789. The predicted molar refractivity (Wildman–Crippen MR) is 107 cm³/mol. The Morgan fingerprint density at radius 2 is 1.61 bits per heavy atom. The van der Waals surface area contributed by atoms with Crippen molar-refractivity contribution in [3.05, 3.63) is 41.5 Å². The number of benzene rings is 2. The zero-order valence-electron chi connectivity index (χ0n) is 16.7. The van der Waals surface area contributed by atoms with Gasteiger partial charge in [0, 0.05) is 19.2 Å². The molecule has 0 saturated heterocycles. The third kappa shape index (κ3) is 4.31. The molecule has 1 aliphatic heterocycles. The standard InChI is InChI=1S/C21H26N2O5/c1-25-16-5-6-18(26-2)17(11-16)22-21(24)13-23-8-7-14-9-19(27-3)20(28-4)10-15(14)12-23/h5-6,9-11H,7-8,12-13H2,1-4H3,(H,22,24). The summed E-state index contributed by atoms with van der Waals surface area (Å²) in [5.74, 6) is 2.58. The van der Waals surface area contributed by atoms with Crippen LogP contribution in [0.5, 0.6) is 23.0 Å². The number of carbonyl (C=O) groups excluding carboxylic acids is 1. The molecule has 1 aliphatic rings. The van der Waals surface area contributed by atoms with E-state index in [4.69, 9.17) is 18.9 Å². The van der Waals surface area contributed by atoms with Crippen LogP contribution in [0, 0.1) is 0 Å². The summed E-state index contributed by atoms with van der Waals surface area (Å²) in [6, 6.07) is 9.32. The number of nitrogens with one attached hydrogen (secondary N) is 1. The summed E-state index contributed by atoms with van der Waals surface area (Å²) < 4.78 is 21.3. The molecule has 2 aromatic rings. The highest BCUT2D eigenvalue weighted by molar-refractivity contribution is 5.94. The Balaban J connectivity index is 1.68. The molecule has 0 radical (unpaired) electrons. The van der Waals surface area contributed by atoms with E-state index < -0.39 is 0 Å². The molecule has 0 atom stereocenters. The first-order valence-electron chi connectivity index (χ1n) is 9.06. The molecule has 150 valence electrons. The number of carbonyl (C=O) groups is 1. The van der Waals surface area contributed by atoms with Crippen LogP contribution in [0.2, 0.25) is 0 Å². The number of rotatable bonds is 7. The second-order valence-corrected chi connectivity index (χ2v) is 6.55. The van der Waals surface area contributed by atoms with Gasteiger partial charge in [-0.15, -0.1) is 0 Å². The van der Waals surface area contributed by atoms with Crippen LogP contribution in [-0.2, 0) is 17.8 Å². The lowest BCUT2D eigenvalue weighted by molar-refractivity contribution is -0.117. The number of fused-ring (bicyclic) bond motifs is 1. The Kier molecular flexibility index (Phi) is 6.26. The lowest BCUT2D eigenvalue weighted by Gasteiger charge is -2.29. The Morgan fingerprint density at radius 3 is 2.25 bits per heavy atom. The molecule has 7 heteroatoms. The molecule has 3 rings (SSSR count). The SMILES string of the molecule is COc1ccc(OC)c(NC(=O)CN2CCc3cc(OC)c(OC)cc3C2)c1. The van der Waals surface area contributed by atoms with Crippen molar-refractivity contribution in [3.63, 3.8) is 0 Å². The lowest BCUT2D eigenvalue weighted by Crippen LogP contribution is -2.37. The van der Waals surface area contributed by atoms with E-state index in [-0.39, 0.29) is 12.5 Å². The molecule has 0 fully saturated rings. The van der Waals surface area contributed by atoms with Crippen molar-refractivity contribution < 1.29 is 23.7 Å². The van der Waals surface area contributed by atoms with Gasteiger partial charge in [-0.1, -0.05) is 0 Å². The maximum Gasteiger partial charge on any atom is 0.238 e. The highest BCUT2D eigenvalue weighted by Gasteiger charge is 2.21. The predicted octanol–water partition coefficient (Wildman–Crippen LogP) is 2.72. The molecule has 0 unspecified atom stereocenters. The Labute approximate surface area is 165 Å². The molecule has 28 heavy (non-hydrogen) atoms. The highest BCUT2D eigenvalue weighted by atomic mass is 16.5. The van der Waals surface area contributed by atoms with Crippen molar-refractivity contribution in [2.24, 2.45) is 0 Å². The number of hydrogen-bond acceptors (Lipinski definition) is 6. The molecule has 1 amide bonds. The highest BCUT2D eigenvalue weighted by Crippen LogP contribution is 2.33. The summed E-state index contributed by atoms with van der Waals surface area (Å²) in [5.41, 5.74) is 2.97. The summed E-state index contributed by atoms with van der Waals surface area (Å²) in [6.45, 7) is 1.76. The molecule has 0 saturated carbocycles. The van der Waals surface area contributed by atoms with E-state index >= 15 is 0 Å². The van der Waals surface area contributed by atoms with Crippen molar-refractivity contribution in [1.29, 1.82) is 0 Å². The maximum atomic E-state index is 12.6. The van der Waals surface area contributed by atoms with Gasteiger partial charge in [-0.2, -0.15) is 0 Å². The first kappa shape index (κ1) is 19.8. The molecule has 1 N–H and O–H groups in total. The minimum atomic E-state index is -0.101. The molecule has 1 heterocycles. The van der Waals surface area contributed by atoms with Gasteiger partial charge in [-0.3, -0.25) is 9.69 Å². The van der Waals surface area contributed by atoms with Crippen molar-refractivity contribution in [2.75, 3.05) is 46.8 Å². The van der Waals surface area contributed by atoms with E-state index in [0.717, 1.165) is 24.3 Å². The van der Waals surface area contributed by atoms with E-state index in [1.54, 1.807) is 46.6 Å². The maximum absolute atomic E-state index is 12.6. The van der Waals surface area contributed by atoms with Crippen LogP contribution in [0.15, 0.2) is 30.3 Å². The second-order valence-electron chi connectivity index (χ2n) is 6.55. The van der Waals surface area contributed by atoms with Crippen LogP contribution in [0.25, 0.3) is 0 Å². The summed E-state index contributed by atoms with van der Waals surface area (Å²) in [7, 11) is 6.42. The number of nitrogens with zero attached hydrogens (tertiary/aromatic N) is 1. The Hall–Kier alpha value is -2.93. The summed E-state index contributed by atoms with van der Waals surface area (Å²) in [6.07, 6.45) is 0.853. The van der Waals surface area contributed by atoms with Crippen LogP contribution < -0.4 is 24.3 Å². The largest absolute Gasteiger partial charge is 0.497 e. The Bertz CT molecular complexity index is 853. The molecule has 0 spiro atoms. The van der Waals surface area contributed by atoms with Crippen LogP contribution >= 0.6 is 0 Å². The van der Waals surface area contributed by atoms with E-state index in [1.165, 1.54) is 5.56 Å². The number of amides is 1. The van der Waals surface area contributed by atoms with Gasteiger partial charge >= 0.3 is 0 Å². The van der Waals surface area contributed by atoms with Gasteiger partial charge in [-0.25, -0.2) is 0 Å². The lowest BCUT2D eigenvalue weighted by atomic mass is 9.99. The van der Waals surface area contributed by atoms with Crippen molar-refractivity contribution in [3.8, 4) is 23.0 Å². The second kappa shape index (κ2) is 8.84. The van der Waals surface area contributed by atoms with Crippen LogP contribution in [0.4, 0.5) is 5.69 Å². The zero-order chi connectivity index (χ0) is 20.1. The smallest absolute Gasteiger partial charge is 0.238 e. The minimum Gasteiger partial charge on any atom is -0.497 e. The normalized spacial score (nSPS) is 13.4. The van der Waals surface area contributed by atoms with E-state index in [1.807, 2.05) is 12.1 Å². The van der Waals surface area contributed by atoms with E-state index in [0.29, 0.717) is 29.5 Å². The minimum absolute atomic E-state index is 0.101. The average Bonchev–Trinajstić information content (AvgIpc) is 2.72. The summed E-state index contributed by atoms with van der Waals surface area (Å²) >= 11 is 0. The number of methoxy groups -OCH3 is 4. The fraction of sp³-hybridized carbons (Fsp3) is 0.381. The fourth-order valence-electron chi connectivity index (χ4n) is 3.38. The average molecular weight is 386 g/mol. The number of ether oxygens (including phenoxy) is 4. The fourth-order valence-corrected chi connectivity index (χ4v) is 3.38. The molecule has 0 aromatic heterocycles. The topological polar surface area (TPSA) is 69.3 Å². The third-order valence-corrected chi connectivity index (χ3v) is 4.85. The van der Waals surface area contributed by atoms with Crippen LogP contribution in [0.1, 0.15) is 11.1 Å². The first-order chi connectivity index (χ1) is 13.6. The van der Waals surface area contributed by atoms with Crippen LogP contribution in [0.3, 0.4) is 0 Å². The van der Waals surface area contributed by atoms with Crippen LogP contribution in [-0.4, -0.2) is 52.3 Å². The number of anilines is 1. The van der Waals surface area contributed by atoms with Gasteiger partial charge in [0.1, 0.15) is 11.5 Å². The molecule has 0 aliphatic carbocycles. The third-order valence-electron chi connectivity index (χ3n) is 4.85. The first-order valence-corrected chi connectivity index (χ1v) is 9.06. The molecule has 0 bridgehead atoms. The molecular formula is C21H26N2O5. The molecular weight excluding hydrogens is 360 g/mol. The zero-order valence-corrected chi connectivity index (χ0v) is 16.7. The van der Waals surface area contributed by atoms with Crippen molar-refractivity contribution in [1.82, 2.24) is 4.90 Å². The summed E-state index contributed by atoms with van der Waals surface area (Å²) in [5, 5.41) is 2.92. The van der Waals surface area contributed by atoms with E-state index in [9.17, 15) is 4.79 Å². The van der Waals surface area contributed by atoms with Gasteiger partial charge < -0.3 is 24.3 Å². The van der Waals surface area contributed by atoms with Gasteiger partial charge in [0.15, 0.2) is 11.5 Å². The molecule has 2 aromatic carbocycles. The van der Waals surface area contributed by atoms with E-state index in [2.05, 4.69) is 10.2 Å². The molecule has 7 nitrogen and oxygen atoms in total. The monoisotopic (exact) mass is 386 g/mol. The van der Waals surface area contributed by atoms with Gasteiger partial charge in [0.25, 0.3) is 0 Å². The Morgan fingerprint density at radius 1 is 0.929 bits per heavy atom. The van der Waals surface area contributed by atoms with Gasteiger partial charge in [-0.05, 0) is 41.8 Å². The van der Waals surface area contributed by atoms with Crippen molar-refractivity contribution >= 4 is 11.6 Å². The van der Waals surface area contributed by atoms with Gasteiger partial charge in [0.2, 0.25) is 5.91 Å². The number of hydrogen-bond donors (Lipinski definition) is 1. The summed E-state index contributed by atoms with van der Waals surface area (Å²) in [4.78, 5) is 14.7. The van der Waals surface area contributed by atoms with Crippen molar-refractivity contribution in [2.45, 2.75) is 13.0 Å². The van der Waals surface area contributed by atoms with Gasteiger partial charge in [0.05, 0.1) is 40.7 Å².